The van der Waals surface area contributed by atoms with Crippen LogP contribution >= 0.6 is 0 Å². The molecule has 7 heteroatoms. The van der Waals surface area contributed by atoms with E-state index in [-0.39, 0.29) is 17.6 Å². The summed E-state index contributed by atoms with van der Waals surface area (Å²) in [6.45, 7) is 1.32. The number of nitrogens with one attached hydrogen (secondary N) is 1. The Labute approximate surface area is 198 Å². The van der Waals surface area contributed by atoms with Gasteiger partial charge in [-0.2, -0.15) is 0 Å². The van der Waals surface area contributed by atoms with Crippen molar-refractivity contribution in [1.82, 2.24) is 9.88 Å². The number of H-pyrrole nitrogens is 1. The molecular formula is C27H30F2N2O3. The highest BCUT2D eigenvalue weighted by Crippen LogP contribution is 2.36. The molecule has 5 rings (SSSR count). The van der Waals surface area contributed by atoms with Crippen LogP contribution in [0.1, 0.15) is 53.6 Å². The van der Waals surface area contributed by atoms with E-state index in [1.54, 1.807) is 12.1 Å². The molecule has 1 aliphatic carbocycles. The SMILES string of the molecule is COC(=O)c1ccc(F)c2c1C[C@@H](N(CCCCc1c[nH]c3ccc(F)cc13)C1CCC1)CO2. The Morgan fingerprint density at radius 3 is 2.79 bits per heavy atom. The largest absolute Gasteiger partial charge is 0.489 e. The molecule has 0 spiro atoms. The van der Waals surface area contributed by atoms with Gasteiger partial charge in [-0.05, 0) is 81.0 Å². The van der Waals surface area contributed by atoms with Crippen LogP contribution in [-0.4, -0.2) is 48.2 Å². The summed E-state index contributed by atoms with van der Waals surface area (Å²) < 4.78 is 38.8. The van der Waals surface area contributed by atoms with Crippen molar-refractivity contribution in [3.8, 4) is 5.75 Å². The lowest BCUT2D eigenvalue weighted by molar-refractivity contribution is 0.0408. The number of nitrogens with zero attached hydrogens (tertiary/aromatic N) is 1. The first kappa shape index (κ1) is 22.8. The zero-order valence-electron chi connectivity index (χ0n) is 19.4. The summed E-state index contributed by atoms with van der Waals surface area (Å²) in [6.07, 6.45) is 8.92. The first-order valence-corrected chi connectivity index (χ1v) is 12.1. The number of carbonyl (C=O) groups is 1. The van der Waals surface area contributed by atoms with Crippen LogP contribution in [0.25, 0.3) is 10.9 Å². The van der Waals surface area contributed by atoms with Gasteiger partial charge in [-0.25, -0.2) is 13.6 Å². The minimum absolute atomic E-state index is 0.0881. The predicted molar refractivity (Wildman–Crippen MR) is 126 cm³/mol. The van der Waals surface area contributed by atoms with E-state index in [0.29, 0.717) is 30.2 Å². The molecule has 1 saturated carbocycles. The van der Waals surface area contributed by atoms with Crippen LogP contribution in [0.2, 0.25) is 0 Å². The van der Waals surface area contributed by atoms with Crippen molar-refractivity contribution in [1.29, 1.82) is 0 Å². The number of halogens is 2. The minimum atomic E-state index is -0.467. The number of benzene rings is 2. The van der Waals surface area contributed by atoms with Crippen LogP contribution in [-0.2, 0) is 17.6 Å². The number of hydrogen-bond acceptors (Lipinski definition) is 4. The Balaban J connectivity index is 1.26. The van der Waals surface area contributed by atoms with E-state index in [1.807, 2.05) is 6.20 Å². The third-order valence-corrected chi connectivity index (χ3v) is 7.33. The number of esters is 1. The Hall–Kier alpha value is -2.93. The summed E-state index contributed by atoms with van der Waals surface area (Å²) in [5.74, 6) is -0.943. The van der Waals surface area contributed by atoms with Gasteiger partial charge in [0.2, 0.25) is 0 Å². The van der Waals surface area contributed by atoms with Gasteiger partial charge in [0, 0.05) is 34.7 Å². The number of methoxy groups -OCH3 is 1. The third kappa shape index (κ3) is 4.41. The predicted octanol–water partition coefficient (Wildman–Crippen LogP) is 5.41. The van der Waals surface area contributed by atoms with Gasteiger partial charge in [-0.3, -0.25) is 4.90 Å². The van der Waals surface area contributed by atoms with Gasteiger partial charge in [-0.1, -0.05) is 6.42 Å². The standard InChI is InChI=1S/C27H30F2N2O3/c1-33-27(32)21-9-10-24(29)26-23(21)14-20(16-34-26)31(19-6-4-7-19)12-3-2-5-17-15-30-25-11-8-18(28)13-22(17)25/h8-11,13,15,19-20,30H,2-7,12,14,16H2,1H3/t20-/m1/s1. The molecule has 1 aromatic heterocycles. The summed E-state index contributed by atoms with van der Waals surface area (Å²) in [6, 6.07) is 8.18. The molecule has 180 valence electrons. The molecule has 0 saturated heterocycles. The summed E-state index contributed by atoms with van der Waals surface area (Å²) in [7, 11) is 1.34. The zero-order valence-corrected chi connectivity index (χ0v) is 19.4. The van der Waals surface area contributed by atoms with Crippen molar-refractivity contribution in [3.05, 3.63) is 64.9 Å². The molecule has 1 fully saturated rings. The number of unbranched alkanes of at least 4 members (excludes halogenated alkanes) is 1. The number of carbonyl (C=O) groups excluding carboxylic acids is 1. The monoisotopic (exact) mass is 468 g/mol. The maximum atomic E-state index is 14.4. The Morgan fingerprint density at radius 2 is 2.03 bits per heavy atom. The molecular weight excluding hydrogens is 438 g/mol. The molecule has 0 bridgehead atoms. The molecule has 2 aromatic carbocycles. The zero-order chi connectivity index (χ0) is 23.7. The summed E-state index contributed by atoms with van der Waals surface area (Å²) in [4.78, 5) is 18.0. The molecule has 2 heterocycles. The van der Waals surface area contributed by atoms with E-state index >= 15 is 0 Å². The molecule has 1 atom stereocenters. The Bertz CT molecular complexity index is 1190. The van der Waals surface area contributed by atoms with Crippen molar-refractivity contribution in [2.24, 2.45) is 0 Å². The maximum Gasteiger partial charge on any atom is 0.338 e. The third-order valence-electron chi connectivity index (χ3n) is 7.33. The van der Waals surface area contributed by atoms with Crippen LogP contribution < -0.4 is 4.74 Å². The second-order valence-corrected chi connectivity index (χ2v) is 9.35. The molecule has 1 aliphatic heterocycles. The number of fused-ring (bicyclic) bond motifs is 2. The average Bonchev–Trinajstić information content (AvgIpc) is 3.21. The average molecular weight is 469 g/mol. The van der Waals surface area contributed by atoms with Gasteiger partial charge in [0.15, 0.2) is 11.6 Å². The summed E-state index contributed by atoms with van der Waals surface area (Å²) in [5.41, 5.74) is 3.08. The highest BCUT2D eigenvalue weighted by Gasteiger charge is 2.35. The van der Waals surface area contributed by atoms with Gasteiger partial charge >= 0.3 is 5.97 Å². The lowest BCUT2D eigenvalue weighted by Gasteiger charge is -2.44. The quantitative estimate of drug-likeness (QED) is 0.355. The first-order chi connectivity index (χ1) is 16.5. The molecule has 0 unspecified atom stereocenters. The van der Waals surface area contributed by atoms with Gasteiger partial charge < -0.3 is 14.5 Å². The number of ether oxygens (including phenoxy) is 2. The van der Waals surface area contributed by atoms with Crippen molar-refractivity contribution >= 4 is 16.9 Å². The smallest absolute Gasteiger partial charge is 0.338 e. The highest BCUT2D eigenvalue weighted by molar-refractivity contribution is 5.92. The minimum Gasteiger partial charge on any atom is -0.489 e. The number of rotatable bonds is 8. The van der Waals surface area contributed by atoms with E-state index in [2.05, 4.69) is 9.88 Å². The van der Waals surface area contributed by atoms with E-state index < -0.39 is 11.8 Å². The van der Waals surface area contributed by atoms with Crippen LogP contribution in [0.4, 0.5) is 8.78 Å². The number of aromatic amines is 1. The number of aromatic nitrogens is 1. The van der Waals surface area contributed by atoms with E-state index in [0.717, 1.165) is 55.1 Å². The number of hydrogen-bond donors (Lipinski definition) is 1. The number of aryl methyl sites for hydroxylation is 1. The molecule has 3 aromatic rings. The summed E-state index contributed by atoms with van der Waals surface area (Å²) >= 11 is 0. The van der Waals surface area contributed by atoms with Crippen LogP contribution in [0, 0.1) is 11.6 Å². The molecule has 1 N–H and O–H groups in total. The molecule has 0 radical (unpaired) electrons. The lowest BCUT2D eigenvalue weighted by atomic mass is 9.87. The van der Waals surface area contributed by atoms with Crippen molar-refractivity contribution < 1.29 is 23.0 Å². The Kier molecular flexibility index (Phi) is 6.55. The van der Waals surface area contributed by atoms with E-state index in [1.165, 1.54) is 31.7 Å². The van der Waals surface area contributed by atoms with Crippen LogP contribution in [0.3, 0.4) is 0 Å². The highest BCUT2D eigenvalue weighted by atomic mass is 19.1. The van der Waals surface area contributed by atoms with Crippen LogP contribution in [0.5, 0.6) is 5.75 Å². The summed E-state index contributed by atoms with van der Waals surface area (Å²) in [5, 5.41) is 0.950. The van der Waals surface area contributed by atoms with E-state index in [4.69, 9.17) is 9.47 Å². The maximum absolute atomic E-state index is 14.4. The van der Waals surface area contributed by atoms with Crippen LogP contribution in [0.15, 0.2) is 36.5 Å². The van der Waals surface area contributed by atoms with Gasteiger partial charge in [0.1, 0.15) is 12.4 Å². The van der Waals surface area contributed by atoms with Crippen molar-refractivity contribution in [3.63, 3.8) is 0 Å². The van der Waals surface area contributed by atoms with Crippen molar-refractivity contribution in [2.75, 3.05) is 20.3 Å². The topological polar surface area (TPSA) is 54.6 Å². The second kappa shape index (κ2) is 9.74. The molecule has 5 nitrogen and oxygen atoms in total. The fraction of sp³-hybridized carbons (Fsp3) is 0.444. The molecule has 0 amide bonds. The second-order valence-electron chi connectivity index (χ2n) is 9.35. The van der Waals surface area contributed by atoms with Gasteiger partial charge in [-0.15, -0.1) is 0 Å². The normalized spacial score (nSPS) is 17.9. The lowest BCUT2D eigenvalue weighted by Crippen LogP contribution is -2.51. The fourth-order valence-electron chi connectivity index (χ4n) is 5.30. The van der Waals surface area contributed by atoms with E-state index in [9.17, 15) is 13.6 Å². The van der Waals surface area contributed by atoms with Gasteiger partial charge in [0.25, 0.3) is 0 Å². The first-order valence-electron chi connectivity index (χ1n) is 12.1. The molecule has 2 aliphatic rings. The van der Waals surface area contributed by atoms with Gasteiger partial charge in [0.05, 0.1) is 12.7 Å². The van der Waals surface area contributed by atoms with Crippen molar-refractivity contribution in [2.45, 2.75) is 57.0 Å². The fourth-order valence-corrected chi connectivity index (χ4v) is 5.30. The Morgan fingerprint density at radius 1 is 1.18 bits per heavy atom. The molecule has 34 heavy (non-hydrogen) atoms.